The zero-order chi connectivity index (χ0) is 40.7. The number of fused-ring (bicyclic) bond motifs is 6. The van der Waals surface area contributed by atoms with Gasteiger partial charge in [0.05, 0.1) is 0 Å². The third-order valence-corrected chi connectivity index (χ3v) is 13.6. The highest BCUT2D eigenvalue weighted by molar-refractivity contribution is 6.37. The first-order chi connectivity index (χ1) is 29.0. The Labute approximate surface area is 352 Å². The molecule has 0 aliphatic heterocycles. The van der Waals surface area contributed by atoms with E-state index in [2.05, 4.69) is 211 Å². The molecule has 286 valence electrons. The van der Waals surface area contributed by atoms with Crippen molar-refractivity contribution in [1.82, 2.24) is 0 Å². The van der Waals surface area contributed by atoms with E-state index in [9.17, 15) is 0 Å². The van der Waals surface area contributed by atoms with Gasteiger partial charge >= 0.3 is 0 Å². The maximum atomic E-state index is 2.53. The molecule has 12 rings (SSSR count). The van der Waals surface area contributed by atoms with Crippen molar-refractivity contribution >= 4 is 64.6 Å². The molecule has 11 aromatic carbocycles. The molecular weight excluding hydrogens is 721 g/mol. The SMILES string of the molecule is CC(C)(C)c1cc(-c2ccc3cc4c5c(ccc6ccc2c3c65)-c2c-4c(-c3ccccc3)c3cc4ccccc4cc3c2-c2ccccc2)c2cc(C(C)(C)C)ccc2c1. The Balaban J connectivity index is 1.24. The fraction of sp³-hybridized carbons (Fsp3) is 0.133. The van der Waals surface area contributed by atoms with E-state index in [1.807, 2.05) is 0 Å². The van der Waals surface area contributed by atoms with Crippen LogP contribution in [0.25, 0.3) is 120 Å². The van der Waals surface area contributed by atoms with E-state index < -0.39 is 0 Å². The molecule has 0 spiro atoms. The van der Waals surface area contributed by atoms with Gasteiger partial charge < -0.3 is 0 Å². The number of benzene rings is 11. The summed E-state index contributed by atoms with van der Waals surface area (Å²) in [4.78, 5) is 0. The predicted octanol–water partition coefficient (Wildman–Crippen LogP) is 17.3. The van der Waals surface area contributed by atoms with Crippen LogP contribution in [0.5, 0.6) is 0 Å². The van der Waals surface area contributed by atoms with Crippen molar-refractivity contribution in [2.24, 2.45) is 0 Å². The Bertz CT molecular complexity index is 3570. The minimum atomic E-state index is 0.00602. The molecule has 60 heavy (non-hydrogen) atoms. The lowest BCUT2D eigenvalue weighted by Crippen LogP contribution is -2.12. The van der Waals surface area contributed by atoms with Crippen molar-refractivity contribution in [1.29, 1.82) is 0 Å². The monoisotopic (exact) mass is 766 g/mol. The van der Waals surface area contributed by atoms with Crippen molar-refractivity contribution in [2.75, 3.05) is 0 Å². The molecule has 0 nitrogen and oxygen atoms in total. The van der Waals surface area contributed by atoms with Crippen LogP contribution in [-0.2, 0) is 10.8 Å². The average molecular weight is 767 g/mol. The summed E-state index contributed by atoms with van der Waals surface area (Å²) < 4.78 is 0. The van der Waals surface area contributed by atoms with Crippen molar-refractivity contribution in [3.63, 3.8) is 0 Å². The molecule has 0 atom stereocenters. The molecule has 0 unspecified atom stereocenters. The first-order valence-corrected chi connectivity index (χ1v) is 21.5. The van der Waals surface area contributed by atoms with Crippen LogP contribution in [0.3, 0.4) is 0 Å². The molecule has 0 aromatic heterocycles. The van der Waals surface area contributed by atoms with E-state index in [0.29, 0.717) is 0 Å². The molecular formula is C60H46. The Morgan fingerprint density at radius 2 is 0.817 bits per heavy atom. The quantitative estimate of drug-likeness (QED) is 0.124. The van der Waals surface area contributed by atoms with E-state index in [1.54, 1.807) is 0 Å². The van der Waals surface area contributed by atoms with Gasteiger partial charge in [0, 0.05) is 0 Å². The molecule has 1 aliphatic carbocycles. The van der Waals surface area contributed by atoms with E-state index >= 15 is 0 Å². The van der Waals surface area contributed by atoms with Gasteiger partial charge in [-0.25, -0.2) is 0 Å². The molecule has 0 radical (unpaired) electrons. The van der Waals surface area contributed by atoms with Gasteiger partial charge in [-0.15, -0.1) is 0 Å². The molecule has 11 aromatic rings. The van der Waals surface area contributed by atoms with E-state index in [4.69, 9.17) is 0 Å². The summed E-state index contributed by atoms with van der Waals surface area (Å²) in [5, 5.41) is 15.7. The molecule has 1 aliphatic rings. The van der Waals surface area contributed by atoms with Crippen LogP contribution in [0, 0.1) is 0 Å². The first kappa shape index (κ1) is 35.2. The fourth-order valence-electron chi connectivity index (χ4n) is 10.6. The van der Waals surface area contributed by atoms with Gasteiger partial charge in [0.2, 0.25) is 0 Å². The largest absolute Gasteiger partial charge is 0.0622 e. The van der Waals surface area contributed by atoms with Gasteiger partial charge in [0.15, 0.2) is 0 Å². The molecule has 0 heteroatoms. The van der Waals surface area contributed by atoms with Crippen molar-refractivity contribution in [2.45, 2.75) is 52.4 Å². The van der Waals surface area contributed by atoms with Gasteiger partial charge in [-0.05, 0) is 166 Å². The van der Waals surface area contributed by atoms with Gasteiger partial charge in [-0.3, -0.25) is 0 Å². The molecule has 0 saturated heterocycles. The summed E-state index contributed by atoms with van der Waals surface area (Å²) in [5.74, 6) is 0. The number of rotatable bonds is 3. The lowest BCUT2D eigenvalue weighted by Gasteiger charge is -2.24. The van der Waals surface area contributed by atoms with Crippen LogP contribution in [-0.4, -0.2) is 0 Å². The summed E-state index contributed by atoms with van der Waals surface area (Å²) in [6.07, 6.45) is 0. The summed E-state index contributed by atoms with van der Waals surface area (Å²) in [6, 6.07) is 65.0. The molecule has 0 bridgehead atoms. The third kappa shape index (κ3) is 5.04. The highest BCUT2D eigenvalue weighted by Gasteiger charge is 2.33. The lowest BCUT2D eigenvalue weighted by atomic mass is 9.80. The average Bonchev–Trinajstić information content (AvgIpc) is 3.58. The van der Waals surface area contributed by atoms with Crippen LogP contribution in [0.2, 0.25) is 0 Å². The maximum Gasteiger partial charge on any atom is -0.000719 e. The summed E-state index contributed by atoms with van der Waals surface area (Å²) in [6.45, 7) is 14.0. The topological polar surface area (TPSA) is 0 Å². The van der Waals surface area contributed by atoms with Crippen molar-refractivity contribution < 1.29 is 0 Å². The second-order valence-corrected chi connectivity index (χ2v) is 19.3. The first-order valence-electron chi connectivity index (χ1n) is 21.5. The number of hydrogen-bond acceptors (Lipinski definition) is 0. The zero-order valence-corrected chi connectivity index (χ0v) is 35.2. The number of hydrogen-bond donors (Lipinski definition) is 0. The van der Waals surface area contributed by atoms with E-state index in [-0.39, 0.29) is 10.8 Å². The van der Waals surface area contributed by atoms with Crippen LogP contribution >= 0.6 is 0 Å². The Morgan fingerprint density at radius 1 is 0.267 bits per heavy atom. The van der Waals surface area contributed by atoms with Gasteiger partial charge in [-0.1, -0.05) is 187 Å². The van der Waals surface area contributed by atoms with Gasteiger partial charge in [0.25, 0.3) is 0 Å². The highest BCUT2D eigenvalue weighted by Crippen LogP contribution is 2.60. The standard InChI is InChI=1S/C60H46/c1-59(2,3)42-25-21-40-29-43(60(4,5)6)34-48(47(40)33-42)44-26-24-41-32-51-56-46(28-23-37-22-27-45(44)54(41)55(37)56)57-52(35-15-9-7-10-16-35)49-30-38-19-13-14-20-39(38)31-50(49)53(58(51)57)36-17-11-8-12-18-36/h7-34H,1-6H3. The molecule has 0 fully saturated rings. The van der Waals surface area contributed by atoms with E-state index in [0.717, 1.165) is 0 Å². The van der Waals surface area contributed by atoms with Gasteiger partial charge in [-0.2, -0.15) is 0 Å². The zero-order valence-electron chi connectivity index (χ0n) is 35.2. The maximum absolute atomic E-state index is 2.53. The van der Waals surface area contributed by atoms with Crippen LogP contribution < -0.4 is 0 Å². The highest BCUT2D eigenvalue weighted by atomic mass is 14.3. The smallest absolute Gasteiger partial charge is 0.000719 e. The predicted molar refractivity (Wildman–Crippen MR) is 261 cm³/mol. The van der Waals surface area contributed by atoms with Crippen LogP contribution in [0.1, 0.15) is 52.7 Å². The third-order valence-electron chi connectivity index (χ3n) is 13.6. The summed E-state index contributed by atoms with van der Waals surface area (Å²) >= 11 is 0. The van der Waals surface area contributed by atoms with Crippen molar-refractivity contribution in [3.05, 3.63) is 181 Å². The second-order valence-electron chi connectivity index (χ2n) is 19.3. The van der Waals surface area contributed by atoms with E-state index in [1.165, 1.54) is 131 Å². The van der Waals surface area contributed by atoms with Gasteiger partial charge in [0.1, 0.15) is 0 Å². The molecule has 0 amide bonds. The van der Waals surface area contributed by atoms with Crippen LogP contribution in [0.15, 0.2) is 170 Å². The minimum Gasteiger partial charge on any atom is -0.0622 e. The fourth-order valence-corrected chi connectivity index (χ4v) is 10.6. The second kappa shape index (κ2) is 12.4. The normalized spacial score (nSPS) is 12.8. The Morgan fingerprint density at radius 3 is 1.45 bits per heavy atom. The molecule has 0 saturated carbocycles. The van der Waals surface area contributed by atoms with Crippen molar-refractivity contribution in [3.8, 4) is 55.6 Å². The summed E-state index contributed by atoms with van der Waals surface area (Å²) in [5.41, 5.74) is 15.9. The Kier molecular flexibility index (Phi) is 7.27. The molecule has 0 N–H and O–H groups in total. The minimum absolute atomic E-state index is 0.00602. The summed E-state index contributed by atoms with van der Waals surface area (Å²) in [7, 11) is 0. The lowest BCUT2D eigenvalue weighted by molar-refractivity contribution is 0.589. The van der Waals surface area contributed by atoms with Crippen LogP contribution in [0.4, 0.5) is 0 Å². The molecule has 0 heterocycles. The Hall–Kier alpha value is -6.76.